The van der Waals surface area contributed by atoms with Gasteiger partial charge in [-0.2, -0.15) is 0 Å². The van der Waals surface area contributed by atoms with Crippen molar-refractivity contribution in [2.45, 2.75) is 64.3 Å². The van der Waals surface area contributed by atoms with Gasteiger partial charge >= 0.3 is 12.0 Å². The maximum absolute atomic E-state index is 16.1. The Morgan fingerprint density at radius 1 is 1.03 bits per heavy atom. The number of rotatable bonds is 12. The lowest BCUT2D eigenvalue weighted by atomic mass is 9.91. The number of nitrogens with zero attached hydrogens (tertiary/aromatic N) is 1. The predicted molar refractivity (Wildman–Crippen MR) is 148 cm³/mol. The van der Waals surface area contributed by atoms with E-state index in [0.717, 1.165) is 38.2 Å². The van der Waals surface area contributed by atoms with Gasteiger partial charge < -0.3 is 30.1 Å². The second kappa shape index (κ2) is 14.1. The molecule has 10 heteroatoms. The molecular formula is C29H39F2N3O5. The summed E-state index contributed by atoms with van der Waals surface area (Å²) in [4.78, 5) is 26.6. The third-order valence-electron chi connectivity index (χ3n) is 6.88. The molecule has 39 heavy (non-hydrogen) atoms. The minimum Gasteiger partial charge on any atom is -0.497 e. The number of hydrogen-bond donors (Lipinski definition) is 3. The number of urea groups is 1. The van der Waals surface area contributed by atoms with E-state index in [4.69, 9.17) is 9.47 Å². The Hall–Kier alpha value is -3.40. The summed E-state index contributed by atoms with van der Waals surface area (Å²) in [6, 6.07) is 6.31. The lowest BCUT2D eigenvalue weighted by Gasteiger charge is -2.39. The molecule has 0 bridgehead atoms. The van der Waals surface area contributed by atoms with Gasteiger partial charge in [0, 0.05) is 31.7 Å². The van der Waals surface area contributed by atoms with Crippen LogP contribution in [0.15, 0.2) is 30.3 Å². The van der Waals surface area contributed by atoms with Gasteiger partial charge in [0.1, 0.15) is 17.4 Å². The molecule has 0 radical (unpaired) electrons. The second-order valence-corrected chi connectivity index (χ2v) is 10.4. The van der Waals surface area contributed by atoms with Crippen molar-refractivity contribution in [1.29, 1.82) is 0 Å². The van der Waals surface area contributed by atoms with Crippen molar-refractivity contribution < 1.29 is 33.0 Å². The number of anilines is 3. The summed E-state index contributed by atoms with van der Waals surface area (Å²) in [7, 11) is 2.86. The summed E-state index contributed by atoms with van der Waals surface area (Å²) in [6.45, 7) is 4.73. The summed E-state index contributed by atoms with van der Waals surface area (Å²) >= 11 is 0. The zero-order chi connectivity index (χ0) is 28.5. The number of carbonyl (C=O) groups is 2. The summed E-state index contributed by atoms with van der Waals surface area (Å²) in [5, 5.41) is 14.6. The van der Waals surface area contributed by atoms with Crippen molar-refractivity contribution in [3.63, 3.8) is 0 Å². The zero-order valence-corrected chi connectivity index (χ0v) is 23.1. The fourth-order valence-electron chi connectivity index (χ4n) is 5.14. The molecule has 2 aromatic rings. The van der Waals surface area contributed by atoms with E-state index < -0.39 is 29.6 Å². The van der Waals surface area contributed by atoms with E-state index >= 15 is 4.39 Å². The van der Waals surface area contributed by atoms with Crippen LogP contribution in [0.5, 0.6) is 5.75 Å². The van der Waals surface area contributed by atoms with Crippen LogP contribution in [0.25, 0.3) is 0 Å². The van der Waals surface area contributed by atoms with E-state index in [1.807, 2.05) is 4.90 Å². The van der Waals surface area contributed by atoms with Gasteiger partial charge in [0.15, 0.2) is 0 Å². The molecule has 8 nitrogen and oxygen atoms in total. The molecule has 0 spiro atoms. The lowest BCUT2D eigenvalue weighted by Crippen LogP contribution is -2.40. The minimum atomic E-state index is -1.05. The van der Waals surface area contributed by atoms with Gasteiger partial charge in [0.25, 0.3) is 0 Å². The number of methoxy groups -OCH3 is 2. The maximum atomic E-state index is 16.1. The highest BCUT2D eigenvalue weighted by molar-refractivity contribution is 6.02. The molecule has 1 unspecified atom stereocenters. The molecule has 1 aliphatic rings. The highest BCUT2D eigenvalue weighted by Crippen LogP contribution is 2.38. The Kier molecular flexibility index (Phi) is 10.9. The SMILES string of the molecule is COCC(CC(=O)O)c1cc(F)c(N(CC(C)C)C2CCCCC2)c(NC(=O)Nc2ccc(OC)cc2F)c1. The van der Waals surface area contributed by atoms with Gasteiger partial charge in [-0.3, -0.25) is 4.79 Å². The van der Waals surface area contributed by atoms with Crippen LogP contribution in [0, 0.1) is 17.6 Å². The van der Waals surface area contributed by atoms with Crippen molar-refractivity contribution in [2.24, 2.45) is 5.92 Å². The number of ether oxygens (including phenoxy) is 2. The molecule has 1 aliphatic carbocycles. The quantitative estimate of drug-likeness (QED) is 0.276. The maximum Gasteiger partial charge on any atom is 0.323 e. The molecule has 1 atom stereocenters. The minimum absolute atomic E-state index is 0.0616. The van der Waals surface area contributed by atoms with Gasteiger partial charge in [-0.25, -0.2) is 13.6 Å². The molecule has 2 amide bonds. The lowest BCUT2D eigenvalue weighted by molar-refractivity contribution is -0.137. The number of carboxylic acids is 1. The van der Waals surface area contributed by atoms with Crippen LogP contribution in [0.2, 0.25) is 0 Å². The van der Waals surface area contributed by atoms with Crippen LogP contribution >= 0.6 is 0 Å². The van der Waals surface area contributed by atoms with Crippen molar-refractivity contribution in [3.05, 3.63) is 47.5 Å². The van der Waals surface area contributed by atoms with E-state index in [0.29, 0.717) is 17.9 Å². The standard InChI is InChI=1S/C29H39F2N3O5/c1-18(2)16-34(21-8-6-5-7-9-21)28-24(31)12-19(20(17-38-3)14-27(35)36)13-26(28)33-29(37)32-25-11-10-22(39-4)15-23(25)30/h10-13,15,18,20-21H,5-9,14,16-17H2,1-4H3,(H,35,36)(H2,32,33,37). The summed E-state index contributed by atoms with van der Waals surface area (Å²) < 4.78 is 40.8. The van der Waals surface area contributed by atoms with Gasteiger partial charge in [-0.1, -0.05) is 33.1 Å². The van der Waals surface area contributed by atoms with E-state index in [1.165, 1.54) is 32.4 Å². The number of aliphatic carboxylic acids is 1. The molecule has 3 N–H and O–H groups in total. The van der Waals surface area contributed by atoms with E-state index in [9.17, 15) is 19.1 Å². The van der Waals surface area contributed by atoms with Crippen LogP contribution in [0.1, 0.15) is 63.9 Å². The first-order valence-electron chi connectivity index (χ1n) is 13.3. The average Bonchev–Trinajstić information content (AvgIpc) is 2.88. The Bertz CT molecular complexity index is 1140. The molecule has 1 fully saturated rings. The summed E-state index contributed by atoms with van der Waals surface area (Å²) in [5.74, 6) is -2.41. The third kappa shape index (κ3) is 8.29. The fourth-order valence-corrected chi connectivity index (χ4v) is 5.14. The normalized spacial score (nSPS) is 14.6. The Morgan fingerprint density at radius 2 is 1.72 bits per heavy atom. The molecule has 2 aromatic carbocycles. The Balaban J connectivity index is 2.04. The predicted octanol–water partition coefficient (Wildman–Crippen LogP) is 6.62. The monoisotopic (exact) mass is 547 g/mol. The molecular weight excluding hydrogens is 508 g/mol. The number of nitrogens with one attached hydrogen (secondary N) is 2. The number of carboxylic acid groups (broad SMARTS) is 1. The molecule has 0 saturated heterocycles. The Labute approximate surface area is 228 Å². The number of amides is 2. The van der Waals surface area contributed by atoms with Crippen LogP contribution < -0.4 is 20.3 Å². The van der Waals surface area contributed by atoms with Gasteiger partial charge in [0.05, 0.1) is 37.2 Å². The van der Waals surface area contributed by atoms with E-state index in [-0.39, 0.29) is 42.0 Å². The average molecular weight is 548 g/mol. The largest absolute Gasteiger partial charge is 0.497 e. The van der Waals surface area contributed by atoms with Gasteiger partial charge in [0.2, 0.25) is 0 Å². The molecule has 3 rings (SSSR count). The summed E-state index contributed by atoms with van der Waals surface area (Å²) in [5.41, 5.74) is 0.755. The molecule has 0 aliphatic heterocycles. The number of carbonyl (C=O) groups excluding carboxylic acids is 1. The van der Waals surface area contributed by atoms with Crippen LogP contribution in [-0.4, -0.2) is 50.5 Å². The van der Waals surface area contributed by atoms with E-state index in [2.05, 4.69) is 24.5 Å². The van der Waals surface area contributed by atoms with Gasteiger partial charge in [-0.05, 0) is 48.6 Å². The van der Waals surface area contributed by atoms with Crippen LogP contribution in [0.4, 0.5) is 30.6 Å². The highest BCUT2D eigenvalue weighted by Gasteiger charge is 2.29. The molecule has 0 heterocycles. The first kappa shape index (κ1) is 30.1. The van der Waals surface area contributed by atoms with Crippen molar-refractivity contribution >= 4 is 29.1 Å². The van der Waals surface area contributed by atoms with Crippen molar-refractivity contribution in [2.75, 3.05) is 42.9 Å². The number of hydrogen-bond acceptors (Lipinski definition) is 5. The fraction of sp³-hybridized carbons (Fsp3) is 0.517. The first-order valence-corrected chi connectivity index (χ1v) is 13.3. The molecule has 1 saturated carbocycles. The van der Waals surface area contributed by atoms with E-state index in [1.54, 1.807) is 6.07 Å². The molecule has 0 aromatic heterocycles. The number of benzene rings is 2. The number of halogens is 2. The van der Waals surface area contributed by atoms with Crippen molar-refractivity contribution in [1.82, 2.24) is 0 Å². The zero-order valence-electron chi connectivity index (χ0n) is 23.1. The Morgan fingerprint density at radius 3 is 2.31 bits per heavy atom. The molecule has 214 valence electrons. The van der Waals surface area contributed by atoms with Gasteiger partial charge in [-0.15, -0.1) is 0 Å². The summed E-state index contributed by atoms with van der Waals surface area (Å²) in [6.07, 6.45) is 4.74. The highest BCUT2D eigenvalue weighted by atomic mass is 19.1. The van der Waals surface area contributed by atoms with Crippen LogP contribution in [-0.2, 0) is 9.53 Å². The topological polar surface area (TPSA) is 100 Å². The first-order chi connectivity index (χ1) is 18.6. The van der Waals surface area contributed by atoms with Crippen molar-refractivity contribution in [3.8, 4) is 5.75 Å². The smallest absolute Gasteiger partial charge is 0.323 e. The van der Waals surface area contributed by atoms with Crippen LogP contribution in [0.3, 0.4) is 0 Å². The second-order valence-electron chi connectivity index (χ2n) is 10.4. The third-order valence-corrected chi connectivity index (χ3v) is 6.88.